The number of aliphatic carboxylic acids is 1. The fourth-order valence-corrected chi connectivity index (χ4v) is 3.44. The van der Waals surface area contributed by atoms with Gasteiger partial charge < -0.3 is 19.3 Å². The van der Waals surface area contributed by atoms with E-state index in [-0.39, 0.29) is 12.4 Å². The second-order valence-electron chi connectivity index (χ2n) is 7.13. The highest BCUT2D eigenvalue weighted by atomic mass is 19.1. The van der Waals surface area contributed by atoms with Crippen molar-refractivity contribution < 1.29 is 28.5 Å². The van der Waals surface area contributed by atoms with Crippen molar-refractivity contribution in [1.82, 2.24) is 0 Å². The van der Waals surface area contributed by atoms with Gasteiger partial charge in [0, 0.05) is 6.07 Å². The fraction of sp³-hybridized carbons (Fsp3) is 0.240. The summed E-state index contributed by atoms with van der Waals surface area (Å²) in [4.78, 5) is 10.5. The van der Waals surface area contributed by atoms with Crippen molar-refractivity contribution in [3.63, 3.8) is 0 Å². The van der Waals surface area contributed by atoms with Crippen molar-refractivity contribution in [3.05, 3.63) is 77.1 Å². The van der Waals surface area contributed by atoms with Crippen LogP contribution in [0, 0.1) is 19.7 Å². The topological polar surface area (TPSA) is 65.0 Å². The third-order valence-electron chi connectivity index (χ3n) is 4.69. The maximum atomic E-state index is 14.1. The van der Waals surface area contributed by atoms with Crippen LogP contribution in [-0.2, 0) is 11.4 Å². The molecule has 1 N–H and O–H groups in total. The molecule has 0 atom stereocenters. The predicted molar refractivity (Wildman–Crippen MR) is 116 cm³/mol. The van der Waals surface area contributed by atoms with Gasteiger partial charge in [0.1, 0.15) is 18.1 Å². The first-order valence-corrected chi connectivity index (χ1v) is 9.97. The van der Waals surface area contributed by atoms with Gasteiger partial charge in [0.25, 0.3) is 0 Å². The van der Waals surface area contributed by atoms with Gasteiger partial charge >= 0.3 is 5.97 Å². The van der Waals surface area contributed by atoms with E-state index < -0.39 is 18.4 Å². The van der Waals surface area contributed by atoms with Gasteiger partial charge in [-0.15, -0.1) is 0 Å². The van der Waals surface area contributed by atoms with Crippen LogP contribution in [-0.4, -0.2) is 24.3 Å². The Kier molecular flexibility index (Phi) is 7.13. The van der Waals surface area contributed by atoms with Crippen molar-refractivity contribution >= 4 is 5.97 Å². The van der Waals surface area contributed by atoms with Gasteiger partial charge in [-0.05, 0) is 78.9 Å². The van der Waals surface area contributed by atoms with Crippen molar-refractivity contribution in [1.29, 1.82) is 0 Å². The second-order valence-corrected chi connectivity index (χ2v) is 7.13. The first kappa shape index (κ1) is 22.2. The van der Waals surface area contributed by atoms with Crippen LogP contribution in [0.4, 0.5) is 4.39 Å². The number of aryl methyl sites for hydroxylation is 2. The number of carboxylic acids is 1. The SMILES string of the molecule is CCOc1cc(C)c(-c2cccc(COc3ccc(OCC(=O)O)c(F)c3)c2)c(C)c1. The van der Waals surface area contributed by atoms with Crippen molar-refractivity contribution in [2.24, 2.45) is 0 Å². The summed E-state index contributed by atoms with van der Waals surface area (Å²) in [5.41, 5.74) is 5.41. The lowest BCUT2D eigenvalue weighted by Gasteiger charge is -2.14. The summed E-state index contributed by atoms with van der Waals surface area (Å²) in [5.74, 6) is -0.776. The molecule has 0 saturated carbocycles. The third kappa shape index (κ3) is 5.75. The van der Waals surface area contributed by atoms with Gasteiger partial charge in [0.2, 0.25) is 0 Å². The molecule has 3 aromatic rings. The van der Waals surface area contributed by atoms with Gasteiger partial charge in [-0.1, -0.05) is 18.2 Å². The molecule has 0 aliphatic rings. The molecule has 0 amide bonds. The van der Waals surface area contributed by atoms with E-state index in [4.69, 9.17) is 19.3 Å². The van der Waals surface area contributed by atoms with Crippen LogP contribution in [0.25, 0.3) is 11.1 Å². The Labute approximate surface area is 181 Å². The molecule has 0 spiro atoms. The molecule has 162 valence electrons. The second kappa shape index (κ2) is 9.98. The first-order valence-electron chi connectivity index (χ1n) is 9.97. The summed E-state index contributed by atoms with van der Waals surface area (Å²) in [6, 6.07) is 16.2. The Hall–Kier alpha value is -3.54. The molecular weight excluding hydrogens is 399 g/mol. The lowest BCUT2D eigenvalue weighted by Crippen LogP contribution is -2.10. The Balaban J connectivity index is 1.73. The lowest BCUT2D eigenvalue weighted by atomic mass is 9.94. The highest BCUT2D eigenvalue weighted by Crippen LogP contribution is 2.32. The fourth-order valence-electron chi connectivity index (χ4n) is 3.44. The summed E-state index contributed by atoms with van der Waals surface area (Å²) in [5, 5.41) is 8.63. The third-order valence-corrected chi connectivity index (χ3v) is 4.69. The average molecular weight is 424 g/mol. The molecule has 0 aliphatic heterocycles. The quantitative estimate of drug-likeness (QED) is 0.488. The monoisotopic (exact) mass is 424 g/mol. The van der Waals surface area contributed by atoms with E-state index in [1.54, 1.807) is 6.07 Å². The number of rotatable bonds is 9. The van der Waals surface area contributed by atoms with Crippen LogP contribution in [0.3, 0.4) is 0 Å². The minimum absolute atomic E-state index is 0.127. The number of carboxylic acid groups (broad SMARTS) is 1. The van der Waals surface area contributed by atoms with Crippen molar-refractivity contribution in [2.45, 2.75) is 27.4 Å². The first-order chi connectivity index (χ1) is 14.9. The molecule has 3 aromatic carbocycles. The lowest BCUT2D eigenvalue weighted by molar-refractivity contribution is -0.139. The van der Waals surface area contributed by atoms with Crippen LogP contribution in [0.5, 0.6) is 17.2 Å². The predicted octanol–water partition coefficient (Wildman–Crippen LogP) is 5.55. The molecule has 0 unspecified atom stereocenters. The molecule has 0 aromatic heterocycles. The Morgan fingerprint density at radius 3 is 2.32 bits per heavy atom. The van der Waals surface area contributed by atoms with E-state index in [1.165, 1.54) is 12.1 Å². The van der Waals surface area contributed by atoms with Crippen LogP contribution in [0.1, 0.15) is 23.6 Å². The zero-order valence-corrected chi connectivity index (χ0v) is 17.8. The molecule has 6 heteroatoms. The van der Waals surface area contributed by atoms with E-state index >= 15 is 0 Å². The van der Waals surface area contributed by atoms with E-state index in [2.05, 4.69) is 19.9 Å². The van der Waals surface area contributed by atoms with E-state index in [0.29, 0.717) is 12.4 Å². The summed E-state index contributed by atoms with van der Waals surface area (Å²) >= 11 is 0. The Morgan fingerprint density at radius 2 is 1.68 bits per heavy atom. The molecule has 0 radical (unpaired) electrons. The number of hydrogen-bond acceptors (Lipinski definition) is 4. The van der Waals surface area contributed by atoms with Crippen LogP contribution < -0.4 is 14.2 Å². The van der Waals surface area contributed by atoms with Crippen molar-refractivity contribution in [2.75, 3.05) is 13.2 Å². The van der Waals surface area contributed by atoms with Crippen LogP contribution >= 0.6 is 0 Å². The van der Waals surface area contributed by atoms with Gasteiger partial charge in [0.15, 0.2) is 18.2 Å². The highest BCUT2D eigenvalue weighted by Gasteiger charge is 2.11. The molecule has 5 nitrogen and oxygen atoms in total. The number of hydrogen-bond donors (Lipinski definition) is 1. The molecule has 0 saturated heterocycles. The number of benzene rings is 3. The number of carbonyl (C=O) groups is 1. The Bertz CT molecular complexity index is 1050. The van der Waals surface area contributed by atoms with Gasteiger partial charge in [-0.25, -0.2) is 9.18 Å². The van der Waals surface area contributed by atoms with Gasteiger partial charge in [0.05, 0.1) is 6.61 Å². The minimum Gasteiger partial charge on any atom is -0.494 e. The molecule has 3 rings (SSSR count). The maximum absolute atomic E-state index is 14.1. The number of halogens is 1. The summed E-state index contributed by atoms with van der Waals surface area (Å²) in [7, 11) is 0. The summed E-state index contributed by atoms with van der Waals surface area (Å²) in [6.07, 6.45) is 0. The smallest absolute Gasteiger partial charge is 0.341 e. The van der Waals surface area contributed by atoms with E-state index in [9.17, 15) is 9.18 Å². The van der Waals surface area contributed by atoms with Gasteiger partial charge in [-0.2, -0.15) is 0 Å². The normalized spacial score (nSPS) is 10.6. The molecule has 0 bridgehead atoms. The highest BCUT2D eigenvalue weighted by molar-refractivity contribution is 5.72. The van der Waals surface area contributed by atoms with E-state index in [0.717, 1.165) is 33.6 Å². The largest absolute Gasteiger partial charge is 0.494 e. The number of ether oxygens (including phenoxy) is 3. The van der Waals surface area contributed by atoms with Crippen LogP contribution in [0.2, 0.25) is 0 Å². The molecular formula is C25H25FO5. The molecule has 0 aliphatic carbocycles. The summed E-state index contributed by atoms with van der Waals surface area (Å²) in [6.45, 7) is 6.37. The van der Waals surface area contributed by atoms with Crippen molar-refractivity contribution in [3.8, 4) is 28.4 Å². The maximum Gasteiger partial charge on any atom is 0.341 e. The van der Waals surface area contributed by atoms with E-state index in [1.807, 2.05) is 37.3 Å². The standard InChI is InChI=1S/C25H25FO5/c1-4-29-21-10-16(2)25(17(3)11-21)19-7-5-6-18(12-19)14-30-20-8-9-23(22(26)13-20)31-15-24(27)28/h5-13H,4,14-15H2,1-3H3,(H,27,28). The molecule has 0 heterocycles. The minimum atomic E-state index is -1.17. The molecule has 0 fully saturated rings. The summed E-state index contributed by atoms with van der Waals surface area (Å²) < 4.78 is 30.3. The van der Waals surface area contributed by atoms with Gasteiger partial charge in [-0.3, -0.25) is 0 Å². The zero-order chi connectivity index (χ0) is 22.4. The Morgan fingerprint density at radius 1 is 0.935 bits per heavy atom. The zero-order valence-electron chi connectivity index (χ0n) is 17.8. The average Bonchev–Trinajstić information content (AvgIpc) is 2.71. The molecule has 31 heavy (non-hydrogen) atoms. The van der Waals surface area contributed by atoms with Crippen LogP contribution in [0.15, 0.2) is 54.6 Å².